The number of amides is 1. The highest BCUT2D eigenvalue weighted by Crippen LogP contribution is 2.16. The number of aromatic nitrogens is 1. The van der Waals surface area contributed by atoms with Crippen LogP contribution < -0.4 is 5.73 Å². The second-order valence-electron chi connectivity index (χ2n) is 2.98. The highest BCUT2D eigenvalue weighted by molar-refractivity contribution is 6.30. The Hall–Kier alpha value is -1.88. The molecule has 0 aromatic carbocycles. The topological polar surface area (TPSA) is 93.3 Å². The van der Waals surface area contributed by atoms with Crippen molar-refractivity contribution in [2.45, 2.75) is 6.42 Å². The molecule has 5 nitrogen and oxygen atoms in total. The number of pyridine rings is 1. The van der Waals surface area contributed by atoms with Gasteiger partial charge in [0, 0.05) is 18.2 Å². The number of rotatable bonds is 4. The molecule has 6 heteroatoms. The zero-order valence-electron chi connectivity index (χ0n) is 8.18. The Bertz CT molecular complexity index is 457. The van der Waals surface area contributed by atoms with Gasteiger partial charge >= 0.3 is 5.97 Å². The third-order valence-corrected chi connectivity index (χ3v) is 2.05. The van der Waals surface area contributed by atoms with Gasteiger partial charge in [0.15, 0.2) is 0 Å². The summed E-state index contributed by atoms with van der Waals surface area (Å²) in [5.74, 6) is -1.57. The van der Waals surface area contributed by atoms with E-state index < -0.39 is 11.9 Å². The molecule has 84 valence electrons. The minimum Gasteiger partial charge on any atom is -0.478 e. The maximum absolute atomic E-state index is 10.7. The number of carboxylic acids is 1. The summed E-state index contributed by atoms with van der Waals surface area (Å²) in [6.45, 7) is 0. The van der Waals surface area contributed by atoms with E-state index in [9.17, 15) is 9.59 Å². The van der Waals surface area contributed by atoms with Crippen molar-refractivity contribution in [2.75, 3.05) is 0 Å². The van der Waals surface area contributed by atoms with Crippen molar-refractivity contribution in [2.24, 2.45) is 5.73 Å². The third-order valence-electron chi connectivity index (χ3n) is 1.73. The van der Waals surface area contributed by atoms with Crippen LogP contribution in [0.3, 0.4) is 0 Å². The Morgan fingerprint density at radius 1 is 1.56 bits per heavy atom. The zero-order chi connectivity index (χ0) is 12.1. The molecular formula is C10H9ClN2O3. The molecule has 0 aliphatic carbocycles. The Balaban J connectivity index is 2.94. The molecule has 16 heavy (non-hydrogen) atoms. The lowest BCUT2D eigenvalue weighted by molar-refractivity contribution is -0.117. The standard InChI is InChI=1S/C10H9ClN2O3/c11-9-6(2-1-3-8(12)14)4-7(5-13-9)10(15)16/h1-2,4-5H,3H2,(H2,12,14)(H,15,16). The molecule has 0 saturated heterocycles. The van der Waals surface area contributed by atoms with E-state index in [-0.39, 0.29) is 17.1 Å². The van der Waals surface area contributed by atoms with Crippen molar-refractivity contribution in [3.05, 3.63) is 34.6 Å². The first kappa shape index (κ1) is 12.2. The molecule has 0 spiro atoms. The van der Waals surface area contributed by atoms with Gasteiger partial charge < -0.3 is 10.8 Å². The summed E-state index contributed by atoms with van der Waals surface area (Å²) in [7, 11) is 0. The van der Waals surface area contributed by atoms with Crippen molar-refractivity contribution < 1.29 is 14.7 Å². The van der Waals surface area contributed by atoms with Gasteiger partial charge in [0.25, 0.3) is 0 Å². The largest absolute Gasteiger partial charge is 0.478 e. The molecule has 1 aromatic heterocycles. The van der Waals surface area contributed by atoms with Crippen LogP contribution >= 0.6 is 11.6 Å². The molecule has 0 unspecified atom stereocenters. The Morgan fingerprint density at radius 2 is 2.25 bits per heavy atom. The van der Waals surface area contributed by atoms with Gasteiger partial charge in [0.1, 0.15) is 5.15 Å². The van der Waals surface area contributed by atoms with Gasteiger partial charge in [-0.15, -0.1) is 0 Å². The SMILES string of the molecule is NC(=O)CC=Cc1cc(C(=O)O)cnc1Cl. The number of carboxylic acid groups (broad SMARTS) is 1. The molecule has 3 N–H and O–H groups in total. The van der Waals surface area contributed by atoms with Crippen LogP contribution in [0.4, 0.5) is 0 Å². The summed E-state index contributed by atoms with van der Waals surface area (Å²) in [6, 6.07) is 1.37. The molecule has 0 fully saturated rings. The Morgan fingerprint density at radius 3 is 2.81 bits per heavy atom. The molecule has 0 aliphatic rings. The number of carbonyl (C=O) groups excluding carboxylic acids is 1. The van der Waals surface area contributed by atoms with Crippen LogP contribution in [0.25, 0.3) is 6.08 Å². The first-order chi connectivity index (χ1) is 7.50. The van der Waals surface area contributed by atoms with E-state index in [1.54, 1.807) is 0 Å². The van der Waals surface area contributed by atoms with Crippen LogP contribution in [-0.4, -0.2) is 22.0 Å². The van der Waals surface area contributed by atoms with Gasteiger partial charge in [-0.05, 0) is 6.07 Å². The Kier molecular flexibility index (Phi) is 4.02. The molecule has 0 radical (unpaired) electrons. The maximum Gasteiger partial charge on any atom is 0.337 e. The average molecular weight is 241 g/mol. The van der Waals surface area contributed by atoms with Crippen LogP contribution in [0.5, 0.6) is 0 Å². The minimum atomic E-state index is -1.09. The van der Waals surface area contributed by atoms with Crippen LogP contribution in [-0.2, 0) is 4.79 Å². The van der Waals surface area contributed by atoms with Crippen LogP contribution in [0.1, 0.15) is 22.3 Å². The number of carbonyl (C=O) groups is 2. The fraction of sp³-hybridized carbons (Fsp3) is 0.100. The summed E-state index contributed by atoms with van der Waals surface area (Å²) in [4.78, 5) is 24.9. The summed E-state index contributed by atoms with van der Waals surface area (Å²) < 4.78 is 0. The molecular weight excluding hydrogens is 232 g/mol. The van der Waals surface area contributed by atoms with E-state index in [0.717, 1.165) is 6.20 Å². The summed E-state index contributed by atoms with van der Waals surface area (Å²) in [5.41, 5.74) is 5.40. The molecule has 1 rings (SSSR count). The van der Waals surface area contributed by atoms with Crippen LogP contribution in [0, 0.1) is 0 Å². The highest BCUT2D eigenvalue weighted by atomic mass is 35.5. The van der Waals surface area contributed by atoms with Crippen LogP contribution in [0.2, 0.25) is 5.15 Å². The van der Waals surface area contributed by atoms with Crippen molar-refractivity contribution >= 4 is 29.6 Å². The molecule has 1 amide bonds. The number of aromatic carboxylic acids is 1. The predicted octanol–water partition coefficient (Wildman–Crippen LogP) is 1.32. The first-order valence-corrected chi connectivity index (χ1v) is 4.72. The van der Waals surface area contributed by atoms with Gasteiger partial charge in [0.2, 0.25) is 5.91 Å². The van der Waals surface area contributed by atoms with Crippen molar-refractivity contribution in [3.63, 3.8) is 0 Å². The summed E-state index contributed by atoms with van der Waals surface area (Å²) >= 11 is 5.74. The van der Waals surface area contributed by atoms with E-state index in [1.807, 2.05) is 0 Å². The predicted molar refractivity (Wildman–Crippen MR) is 59.1 cm³/mol. The normalized spacial score (nSPS) is 10.6. The van der Waals surface area contributed by atoms with E-state index in [0.29, 0.717) is 5.56 Å². The quantitative estimate of drug-likeness (QED) is 0.776. The molecule has 0 aliphatic heterocycles. The lowest BCUT2D eigenvalue weighted by atomic mass is 10.2. The van der Waals surface area contributed by atoms with E-state index in [1.165, 1.54) is 18.2 Å². The van der Waals surface area contributed by atoms with Gasteiger partial charge in [-0.3, -0.25) is 4.79 Å². The second kappa shape index (κ2) is 5.27. The monoisotopic (exact) mass is 240 g/mol. The molecule has 0 saturated carbocycles. The number of nitrogens with two attached hydrogens (primary N) is 1. The maximum atomic E-state index is 10.7. The number of halogens is 1. The van der Waals surface area contributed by atoms with Crippen molar-refractivity contribution in [1.82, 2.24) is 4.98 Å². The fourth-order valence-corrected chi connectivity index (χ4v) is 1.17. The zero-order valence-corrected chi connectivity index (χ0v) is 8.94. The van der Waals surface area contributed by atoms with E-state index in [4.69, 9.17) is 22.4 Å². The third kappa shape index (κ3) is 3.36. The summed E-state index contributed by atoms with van der Waals surface area (Å²) in [5, 5.41) is 8.90. The van der Waals surface area contributed by atoms with Crippen molar-refractivity contribution in [1.29, 1.82) is 0 Å². The van der Waals surface area contributed by atoms with Gasteiger partial charge in [-0.1, -0.05) is 23.8 Å². The first-order valence-electron chi connectivity index (χ1n) is 4.34. The average Bonchev–Trinajstić information content (AvgIpc) is 2.20. The molecule has 0 bridgehead atoms. The summed E-state index contributed by atoms with van der Waals surface area (Å²) in [6.07, 6.45) is 4.23. The van der Waals surface area contributed by atoms with E-state index in [2.05, 4.69) is 4.98 Å². The molecule has 1 heterocycles. The van der Waals surface area contributed by atoms with Gasteiger partial charge in [-0.2, -0.15) is 0 Å². The lowest BCUT2D eigenvalue weighted by Gasteiger charge is -1.99. The smallest absolute Gasteiger partial charge is 0.337 e. The van der Waals surface area contributed by atoms with Gasteiger partial charge in [-0.25, -0.2) is 9.78 Å². The number of nitrogens with zero attached hydrogens (tertiary/aromatic N) is 1. The number of hydrogen-bond acceptors (Lipinski definition) is 3. The van der Waals surface area contributed by atoms with Crippen LogP contribution in [0.15, 0.2) is 18.3 Å². The highest BCUT2D eigenvalue weighted by Gasteiger charge is 2.06. The number of primary amides is 1. The lowest BCUT2D eigenvalue weighted by Crippen LogP contribution is -2.07. The molecule has 0 atom stereocenters. The second-order valence-corrected chi connectivity index (χ2v) is 3.34. The van der Waals surface area contributed by atoms with Gasteiger partial charge in [0.05, 0.1) is 5.56 Å². The number of hydrogen-bond donors (Lipinski definition) is 2. The Labute approximate surface area is 96.5 Å². The minimum absolute atomic E-state index is 0.0307. The van der Waals surface area contributed by atoms with Crippen molar-refractivity contribution in [3.8, 4) is 0 Å². The van der Waals surface area contributed by atoms with E-state index >= 15 is 0 Å². The fourth-order valence-electron chi connectivity index (χ4n) is 1.00. The molecule has 1 aromatic rings.